The number of hydrogen-bond acceptors (Lipinski definition) is 9. The fraction of sp³-hybridized carbons (Fsp3) is 0.167. The van der Waals surface area contributed by atoms with E-state index in [0.717, 1.165) is 11.8 Å². The minimum Gasteiger partial charge on any atom is -0.295 e. The number of benzene rings is 1. The van der Waals surface area contributed by atoms with E-state index in [1.807, 2.05) is 42.5 Å². The summed E-state index contributed by atoms with van der Waals surface area (Å²) in [6, 6.07) is 9.92. The fourth-order valence-corrected chi connectivity index (χ4v) is 4.59. The van der Waals surface area contributed by atoms with Crippen molar-refractivity contribution in [1.82, 2.24) is 20.2 Å². The number of rotatable bonds is 8. The van der Waals surface area contributed by atoms with Crippen LogP contribution in [0.1, 0.15) is 23.0 Å². The van der Waals surface area contributed by atoms with Crippen molar-refractivity contribution in [2.45, 2.75) is 16.4 Å². The van der Waals surface area contributed by atoms with Gasteiger partial charge in [-0.15, -0.1) is 10.2 Å². The van der Waals surface area contributed by atoms with Gasteiger partial charge in [0.15, 0.2) is 10.0 Å². The summed E-state index contributed by atoms with van der Waals surface area (Å²) in [5, 5.41) is 10.2. The van der Waals surface area contributed by atoms with E-state index in [2.05, 4.69) is 25.5 Å². The summed E-state index contributed by atoms with van der Waals surface area (Å²) in [5.74, 6) is -0.189. The number of anilines is 1. The van der Waals surface area contributed by atoms with Crippen LogP contribution < -0.4 is 5.32 Å². The van der Waals surface area contributed by atoms with Gasteiger partial charge in [0.25, 0.3) is 5.91 Å². The SMILES string of the molecule is CCS(=O)(=O)c1ncc(Cl)c(C(=O)Nc2nnc(SC/C=C/c3ccccc3)s2)n1. The highest BCUT2D eigenvalue weighted by molar-refractivity contribution is 8.01. The Labute approximate surface area is 186 Å². The first kappa shape index (κ1) is 22.3. The number of nitrogens with zero attached hydrogens (tertiary/aromatic N) is 4. The Morgan fingerprint density at radius 3 is 2.77 bits per heavy atom. The third-order valence-corrected chi connectivity index (χ3v) is 7.35. The molecule has 3 rings (SSSR count). The number of nitrogens with one attached hydrogen (secondary N) is 1. The van der Waals surface area contributed by atoms with E-state index in [1.165, 1.54) is 30.0 Å². The molecule has 2 aromatic heterocycles. The van der Waals surface area contributed by atoms with Crippen molar-refractivity contribution in [3.05, 3.63) is 58.9 Å². The molecule has 8 nitrogen and oxygen atoms in total. The number of carbonyl (C=O) groups excluding carboxylic acids is 1. The highest BCUT2D eigenvalue weighted by atomic mass is 35.5. The van der Waals surface area contributed by atoms with E-state index in [1.54, 1.807) is 0 Å². The van der Waals surface area contributed by atoms with Crippen molar-refractivity contribution in [3.8, 4) is 0 Å². The summed E-state index contributed by atoms with van der Waals surface area (Å²) < 4.78 is 24.5. The maximum atomic E-state index is 12.5. The van der Waals surface area contributed by atoms with Crippen molar-refractivity contribution in [2.75, 3.05) is 16.8 Å². The van der Waals surface area contributed by atoms with Gasteiger partial charge < -0.3 is 0 Å². The van der Waals surface area contributed by atoms with Crippen LogP contribution >= 0.6 is 34.7 Å². The van der Waals surface area contributed by atoms with Crippen LogP contribution in [0.15, 0.2) is 52.1 Å². The van der Waals surface area contributed by atoms with Crippen LogP contribution in [0.2, 0.25) is 5.02 Å². The highest BCUT2D eigenvalue weighted by Crippen LogP contribution is 2.26. The van der Waals surface area contributed by atoms with Crippen LogP contribution in [0.5, 0.6) is 0 Å². The minimum atomic E-state index is -3.67. The summed E-state index contributed by atoms with van der Waals surface area (Å²) >= 11 is 8.63. The largest absolute Gasteiger partial charge is 0.295 e. The van der Waals surface area contributed by atoms with Crippen molar-refractivity contribution < 1.29 is 13.2 Å². The second-order valence-electron chi connectivity index (χ2n) is 5.70. The van der Waals surface area contributed by atoms with Gasteiger partial charge in [-0.05, 0) is 5.56 Å². The summed E-state index contributed by atoms with van der Waals surface area (Å²) in [5.41, 5.74) is 0.864. The summed E-state index contributed by atoms with van der Waals surface area (Å²) in [6.07, 6.45) is 5.11. The lowest BCUT2D eigenvalue weighted by Gasteiger charge is -2.05. The average molecular weight is 482 g/mol. The Morgan fingerprint density at radius 2 is 2.03 bits per heavy atom. The summed E-state index contributed by atoms with van der Waals surface area (Å²) in [4.78, 5) is 20.0. The van der Waals surface area contributed by atoms with Crippen LogP contribution in [0, 0.1) is 0 Å². The molecule has 0 unspecified atom stereocenters. The van der Waals surface area contributed by atoms with Gasteiger partial charge in [-0.25, -0.2) is 18.4 Å². The van der Waals surface area contributed by atoms with Crippen LogP contribution in [0.3, 0.4) is 0 Å². The predicted octanol–water partition coefficient (Wildman–Crippen LogP) is 3.83. The number of hydrogen-bond donors (Lipinski definition) is 1. The minimum absolute atomic E-state index is 0.0623. The Morgan fingerprint density at radius 1 is 1.27 bits per heavy atom. The number of sulfone groups is 1. The molecule has 0 radical (unpaired) electrons. The van der Waals surface area contributed by atoms with Crippen molar-refractivity contribution in [1.29, 1.82) is 0 Å². The van der Waals surface area contributed by atoms with E-state index < -0.39 is 20.9 Å². The van der Waals surface area contributed by atoms with E-state index >= 15 is 0 Å². The Kier molecular flexibility index (Phi) is 7.53. The lowest BCUT2D eigenvalue weighted by atomic mass is 10.2. The van der Waals surface area contributed by atoms with Crippen LogP contribution in [0.4, 0.5) is 5.13 Å². The molecule has 0 aliphatic heterocycles. The predicted molar refractivity (Wildman–Crippen MR) is 119 cm³/mol. The molecule has 12 heteroatoms. The smallest absolute Gasteiger partial charge is 0.277 e. The molecular weight excluding hydrogens is 466 g/mol. The first-order valence-electron chi connectivity index (χ1n) is 8.63. The summed E-state index contributed by atoms with van der Waals surface area (Å²) in [7, 11) is -3.67. The number of carbonyl (C=O) groups is 1. The van der Waals surface area contributed by atoms with Crippen LogP contribution in [0.25, 0.3) is 6.08 Å². The maximum absolute atomic E-state index is 12.5. The van der Waals surface area contributed by atoms with Crippen molar-refractivity contribution in [3.63, 3.8) is 0 Å². The second kappa shape index (κ2) is 10.1. The average Bonchev–Trinajstić information content (AvgIpc) is 3.19. The zero-order valence-corrected chi connectivity index (χ0v) is 18.9. The number of amides is 1. The lowest BCUT2D eigenvalue weighted by molar-refractivity contribution is 0.102. The van der Waals surface area contributed by atoms with Gasteiger partial charge in [-0.3, -0.25) is 10.1 Å². The highest BCUT2D eigenvalue weighted by Gasteiger charge is 2.21. The molecule has 1 N–H and O–H groups in total. The Bertz CT molecular complexity index is 1170. The van der Waals surface area contributed by atoms with Gasteiger partial charge in [0.1, 0.15) is 0 Å². The molecule has 0 atom stereocenters. The molecular formula is C18H16ClN5O3S3. The molecule has 156 valence electrons. The third-order valence-electron chi connectivity index (χ3n) is 3.64. The molecule has 0 fully saturated rings. The number of aromatic nitrogens is 4. The van der Waals surface area contributed by atoms with E-state index in [4.69, 9.17) is 11.6 Å². The van der Waals surface area contributed by atoms with Crippen LogP contribution in [-0.2, 0) is 9.84 Å². The quantitative estimate of drug-likeness (QED) is 0.293. The number of halogens is 1. The molecule has 0 saturated carbocycles. The molecule has 2 heterocycles. The first-order chi connectivity index (χ1) is 14.4. The van der Waals surface area contributed by atoms with Crippen LogP contribution in [-0.4, -0.2) is 46.0 Å². The third kappa shape index (κ3) is 5.85. The number of thioether (sulfide) groups is 1. The Balaban J connectivity index is 1.62. The first-order valence-corrected chi connectivity index (χ1v) is 12.5. The van der Waals surface area contributed by atoms with Gasteiger partial charge >= 0.3 is 0 Å². The molecule has 0 aliphatic rings. The van der Waals surface area contributed by atoms with Crippen molar-refractivity contribution >= 4 is 61.7 Å². The topological polar surface area (TPSA) is 115 Å². The zero-order valence-electron chi connectivity index (χ0n) is 15.6. The standard InChI is InChI=1S/C18H16ClN5O3S3/c1-2-30(26,27)17-20-11-13(19)14(21-17)15(25)22-16-23-24-18(29-16)28-10-6-9-12-7-4-3-5-8-12/h3-9,11H,2,10H2,1H3,(H,22,23,25)/b9-6+. The molecule has 3 aromatic rings. The van der Waals surface area contributed by atoms with Gasteiger partial charge in [-0.2, -0.15) is 0 Å². The van der Waals surface area contributed by atoms with E-state index in [-0.39, 0.29) is 21.6 Å². The molecule has 0 saturated heterocycles. The molecule has 0 spiro atoms. The molecule has 30 heavy (non-hydrogen) atoms. The normalized spacial score (nSPS) is 11.7. The van der Waals surface area contributed by atoms with E-state index in [9.17, 15) is 13.2 Å². The van der Waals surface area contributed by atoms with Gasteiger partial charge in [0.05, 0.1) is 17.0 Å². The van der Waals surface area contributed by atoms with Gasteiger partial charge in [0.2, 0.25) is 20.1 Å². The summed E-state index contributed by atoms with van der Waals surface area (Å²) in [6.45, 7) is 1.46. The fourth-order valence-electron chi connectivity index (χ4n) is 2.13. The molecule has 1 aromatic carbocycles. The van der Waals surface area contributed by atoms with E-state index in [0.29, 0.717) is 10.1 Å². The monoisotopic (exact) mass is 481 g/mol. The lowest BCUT2D eigenvalue weighted by Crippen LogP contribution is -2.18. The zero-order chi connectivity index (χ0) is 21.6. The molecule has 1 amide bonds. The Hall–Kier alpha value is -2.34. The van der Waals surface area contributed by atoms with Gasteiger partial charge in [-0.1, -0.05) is 84.1 Å². The van der Waals surface area contributed by atoms with Crippen molar-refractivity contribution in [2.24, 2.45) is 0 Å². The molecule has 0 aliphatic carbocycles. The maximum Gasteiger partial charge on any atom is 0.277 e. The molecule has 0 bridgehead atoms. The second-order valence-corrected chi connectivity index (χ2v) is 10.5. The van der Waals surface area contributed by atoms with Gasteiger partial charge in [0, 0.05) is 5.75 Å².